The number of carbonyl (C=O) groups excluding carboxylic acids is 2. The van der Waals surface area contributed by atoms with E-state index in [0.717, 1.165) is 12.8 Å². The first-order valence-corrected chi connectivity index (χ1v) is 11.9. The lowest BCUT2D eigenvalue weighted by Gasteiger charge is -2.29. The summed E-state index contributed by atoms with van der Waals surface area (Å²) in [6, 6.07) is 13.5. The fourth-order valence-electron chi connectivity index (χ4n) is 4.16. The molecule has 0 saturated carbocycles. The second kappa shape index (κ2) is 10.4. The van der Waals surface area contributed by atoms with E-state index in [-0.39, 0.29) is 18.4 Å². The Morgan fingerprint density at radius 1 is 1.11 bits per heavy atom. The molecule has 3 rings (SSSR count). The molecule has 0 saturated heterocycles. The summed E-state index contributed by atoms with van der Waals surface area (Å²) in [4.78, 5) is 32.0. The number of nitrogens with zero attached hydrogens (tertiary/aromatic N) is 4. The molecule has 9 heteroatoms. The molecule has 0 aliphatic rings. The average Bonchev–Trinajstić information content (AvgIpc) is 3.12. The van der Waals surface area contributed by atoms with Crippen LogP contribution in [0.5, 0.6) is 0 Å². The summed E-state index contributed by atoms with van der Waals surface area (Å²) in [5, 5.41) is 24.9. The zero-order chi connectivity index (χ0) is 26.7. The fourth-order valence-corrected chi connectivity index (χ4v) is 4.16. The Bertz CT molecular complexity index is 1300. The van der Waals surface area contributed by atoms with Crippen molar-refractivity contribution in [2.75, 3.05) is 22.6 Å². The number of hydrogen-bond donors (Lipinski definition) is 3. The minimum absolute atomic E-state index is 0.0137. The molecule has 0 radical (unpaired) electrons. The number of nitrogens with one attached hydrogen (secondary N) is 2. The fraction of sp³-hybridized carbons (Fsp3) is 0.407. The first-order valence-electron chi connectivity index (χ1n) is 11.9. The third-order valence-corrected chi connectivity index (χ3v) is 5.92. The van der Waals surface area contributed by atoms with Crippen LogP contribution >= 0.6 is 0 Å². The molecule has 3 aromatic rings. The van der Waals surface area contributed by atoms with Crippen LogP contribution in [0.2, 0.25) is 0 Å². The zero-order valence-electron chi connectivity index (χ0n) is 21.7. The van der Waals surface area contributed by atoms with Crippen molar-refractivity contribution in [1.29, 1.82) is 5.26 Å². The van der Waals surface area contributed by atoms with E-state index in [1.54, 1.807) is 60.7 Å². The van der Waals surface area contributed by atoms with Crippen LogP contribution in [0.4, 0.5) is 22.1 Å². The second-order valence-electron chi connectivity index (χ2n) is 10.3. The molecule has 0 aliphatic heterocycles. The Morgan fingerprint density at radius 3 is 2.36 bits per heavy atom. The number of anilines is 3. The molecular weight excluding hydrogens is 456 g/mol. The molecule has 0 fully saturated rings. The number of carbonyl (C=O) groups is 2. The summed E-state index contributed by atoms with van der Waals surface area (Å²) in [5.41, 5.74) is 1.44. The molecule has 9 nitrogen and oxygen atoms in total. The number of fused-ring (bicyclic) bond motifs is 1. The molecular formula is C27H34N6O3. The molecule has 0 atom stereocenters. The van der Waals surface area contributed by atoms with E-state index in [1.165, 1.54) is 0 Å². The largest absolute Gasteiger partial charge is 0.389 e. The van der Waals surface area contributed by atoms with Gasteiger partial charge in [-0.25, -0.2) is 9.78 Å². The molecule has 1 heterocycles. The van der Waals surface area contributed by atoms with Crippen LogP contribution in [-0.2, 0) is 11.3 Å². The molecule has 190 valence electrons. The highest BCUT2D eigenvalue weighted by molar-refractivity contribution is 6.01. The highest BCUT2D eigenvalue weighted by Gasteiger charge is 2.30. The maximum atomic E-state index is 13.1. The van der Waals surface area contributed by atoms with Crippen LogP contribution in [0.1, 0.15) is 53.0 Å². The van der Waals surface area contributed by atoms with Gasteiger partial charge in [0.1, 0.15) is 0 Å². The van der Waals surface area contributed by atoms with Gasteiger partial charge in [0.15, 0.2) is 0 Å². The number of aromatic nitrogens is 2. The first-order chi connectivity index (χ1) is 16.8. The van der Waals surface area contributed by atoms with Crippen LogP contribution in [0.3, 0.4) is 0 Å². The maximum absolute atomic E-state index is 13.1. The minimum atomic E-state index is -1.07. The molecule has 36 heavy (non-hydrogen) atoms. The Kier molecular flexibility index (Phi) is 7.70. The Balaban J connectivity index is 1.92. The molecule has 2 aromatic carbocycles. The number of benzene rings is 2. The van der Waals surface area contributed by atoms with Crippen molar-refractivity contribution in [2.24, 2.45) is 5.41 Å². The van der Waals surface area contributed by atoms with Crippen molar-refractivity contribution < 1.29 is 14.7 Å². The van der Waals surface area contributed by atoms with Gasteiger partial charge in [-0.3, -0.25) is 10.1 Å². The van der Waals surface area contributed by atoms with Crippen molar-refractivity contribution in [3.05, 3.63) is 48.0 Å². The monoisotopic (exact) mass is 490 g/mol. The van der Waals surface area contributed by atoms with Gasteiger partial charge in [0.2, 0.25) is 11.9 Å². The van der Waals surface area contributed by atoms with Crippen molar-refractivity contribution in [2.45, 2.75) is 59.6 Å². The van der Waals surface area contributed by atoms with Gasteiger partial charge in [-0.05, 0) is 62.7 Å². The van der Waals surface area contributed by atoms with E-state index < -0.39 is 17.0 Å². The van der Waals surface area contributed by atoms with Crippen LogP contribution in [-0.4, -0.2) is 39.2 Å². The normalized spacial score (nSPS) is 11.7. The quantitative estimate of drug-likeness (QED) is 0.405. The standard InChI is InChI=1S/C27H34N6O3/c1-7-14-26(2,3)23(34)32(6)20-12-13-22-21(15-20)30-24(33(22)17-27(4,5)36)31-25(35)29-19-10-8-18(16-28)9-11-19/h8-13,15,36H,7,14,17H2,1-6H3,(H2,29,30,31,35). The maximum Gasteiger partial charge on any atom is 0.326 e. The number of nitriles is 1. The van der Waals surface area contributed by atoms with Crippen molar-refractivity contribution in [1.82, 2.24) is 9.55 Å². The molecule has 3 N–H and O–H groups in total. The minimum Gasteiger partial charge on any atom is -0.389 e. The number of aliphatic hydroxyl groups is 1. The number of hydrogen-bond acceptors (Lipinski definition) is 5. The Morgan fingerprint density at radius 2 is 1.78 bits per heavy atom. The molecule has 0 unspecified atom stereocenters. The van der Waals surface area contributed by atoms with Gasteiger partial charge < -0.3 is 19.9 Å². The summed E-state index contributed by atoms with van der Waals surface area (Å²) in [5.74, 6) is 0.274. The predicted octanol–water partition coefficient (Wildman–Crippen LogP) is 5.11. The lowest BCUT2D eigenvalue weighted by Crippen LogP contribution is -2.38. The van der Waals surface area contributed by atoms with Gasteiger partial charge in [-0.2, -0.15) is 5.26 Å². The summed E-state index contributed by atoms with van der Waals surface area (Å²) < 4.78 is 1.74. The van der Waals surface area contributed by atoms with E-state index >= 15 is 0 Å². The first kappa shape index (κ1) is 26.7. The summed E-state index contributed by atoms with van der Waals surface area (Å²) in [6.07, 6.45) is 1.69. The highest BCUT2D eigenvalue weighted by atomic mass is 16.3. The second-order valence-corrected chi connectivity index (χ2v) is 10.3. The van der Waals surface area contributed by atoms with Gasteiger partial charge in [-0.15, -0.1) is 0 Å². The van der Waals surface area contributed by atoms with Gasteiger partial charge >= 0.3 is 6.03 Å². The van der Waals surface area contributed by atoms with E-state index in [0.29, 0.717) is 28.0 Å². The third-order valence-electron chi connectivity index (χ3n) is 5.92. The van der Waals surface area contributed by atoms with Crippen molar-refractivity contribution in [3.63, 3.8) is 0 Å². The van der Waals surface area contributed by atoms with Gasteiger partial charge in [-0.1, -0.05) is 27.2 Å². The molecule has 3 amide bonds. The number of imidazole rings is 1. The van der Waals surface area contributed by atoms with Crippen molar-refractivity contribution >= 4 is 40.3 Å². The van der Waals surface area contributed by atoms with E-state index in [1.807, 2.05) is 32.0 Å². The van der Waals surface area contributed by atoms with Gasteiger partial charge in [0, 0.05) is 23.8 Å². The third kappa shape index (κ3) is 6.20. The molecule has 0 spiro atoms. The lowest BCUT2D eigenvalue weighted by atomic mass is 9.86. The SMILES string of the molecule is CCCC(C)(C)C(=O)N(C)c1ccc2c(c1)nc(NC(=O)Nc1ccc(C#N)cc1)n2CC(C)(C)O. The lowest BCUT2D eigenvalue weighted by molar-refractivity contribution is -0.126. The topological polar surface area (TPSA) is 123 Å². The summed E-state index contributed by atoms with van der Waals surface area (Å²) >= 11 is 0. The van der Waals surface area contributed by atoms with Crippen molar-refractivity contribution in [3.8, 4) is 6.07 Å². The number of amides is 3. The van der Waals surface area contributed by atoms with Gasteiger partial charge in [0.05, 0.1) is 34.8 Å². The zero-order valence-corrected chi connectivity index (χ0v) is 21.7. The predicted molar refractivity (Wildman–Crippen MR) is 142 cm³/mol. The number of rotatable bonds is 8. The smallest absolute Gasteiger partial charge is 0.326 e. The van der Waals surface area contributed by atoms with Crippen LogP contribution in [0, 0.1) is 16.7 Å². The van der Waals surface area contributed by atoms with Gasteiger partial charge in [0.25, 0.3) is 0 Å². The molecule has 1 aromatic heterocycles. The van der Waals surface area contributed by atoms with E-state index in [4.69, 9.17) is 5.26 Å². The van der Waals surface area contributed by atoms with E-state index in [2.05, 4.69) is 22.5 Å². The Hall–Kier alpha value is -3.90. The van der Waals surface area contributed by atoms with Crippen LogP contribution in [0.25, 0.3) is 11.0 Å². The molecule has 0 aliphatic carbocycles. The summed E-state index contributed by atoms with van der Waals surface area (Å²) in [6.45, 7) is 9.49. The Labute approximate surface area is 211 Å². The van der Waals surface area contributed by atoms with E-state index in [9.17, 15) is 14.7 Å². The van der Waals surface area contributed by atoms with Crippen LogP contribution in [0.15, 0.2) is 42.5 Å². The average molecular weight is 491 g/mol. The highest BCUT2D eigenvalue weighted by Crippen LogP contribution is 2.30. The van der Waals surface area contributed by atoms with Crippen LogP contribution < -0.4 is 15.5 Å². The number of urea groups is 1. The molecule has 0 bridgehead atoms. The summed E-state index contributed by atoms with van der Waals surface area (Å²) in [7, 11) is 1.75.